The van der Waals surface area contributed by atoms with E-state index in [1.54, 1.807) is 6.92 Å². The average molecular weight is 463 g/mol. The van der Waals surface area contributed by atoms with Crippen LogP contribution in [0.25, 0.3) is 0 Å². The van der Waals surface area contributed by atoms with Crippen molar-refractivity contribution in [2.45, 2.75) is 63.9 Å². The minimum absolute atomic E-state index is 0.0753. The Morgan fingerprint density at radius 2 is 1.31 bits per heavy atom. The molecular weight excluding hydrogens is 424 g/mol. The average Bonchev–Trinajstić information content (AvgIpc) is 2.74. The number of carbonyl (C=O) groups is 1. The summed E-state index contributed by atoms with van der Waals surface area (Å²) in [6.07, 6.45) is -1.57. The van der Waals surface area contributed by atoms with Crippen LogP contribution in [0.1, 0.15) is 34.6 Å². The lowest BCUT2D eigenvalue weighted by atomic mass is 10.2. The van der Waals surface area contributed by atoms with Gasteiger partial charge < -0.3 is 31.2 Å². The monoisotopic (exact) mass is 462 g/mol. The minimum atomic E-state index is -2.55. The molecule has 0 aliphatic carbocycles. The van der Waals surface area contributed by atoms with Gasteiger partial charge in [-0.2, -0.15) is 0 Å². The van der Waals surface area contributed by atoms with E-state index in [4.69, 9.17) is 26.1 Å². The van der Waals surface area contributed by atoms with Crippen molar-refractivity contribution in [2.24, 2.45) is 11.5 Å². The Labute approximate surface area is 192 Å². The van der Waals surface area contributed by atoms with Gasteiger partial charge in [0.1, 0.15) is 6.04 Å². The predicted octanol–water partition coefficient (Wildman–Crippen LogP) is 1.05. The van der Waals surface area contributed by atoms with E-state index in [2.05, 4.69) is 69.3 Å². The third kappa shape index (κ3) is 7.23. The molecule has 32 heavy (non-hydrogen) atoms. The third-order valence-electron chi connectivity index (χ3n) is 5.33. The summed E-state index contributed by atoms with van der Waals surface area (Å²) in [6.45, 7) is 10.1. The predicted molar refractivity (Wildman–Crippen MR) is 131 cm³/mol. The van der Waals surface area contributed by atoms with E-state index in [-0.39, 0.29) is 5.04 Å². The lowest BCUT2D eigenvalue weighted by molar-refractivity contribution is -0.140. The Kier molecular flexibility index (Phi) is 10.7. The maximum absolute atomic E-state index is 9.86. The Balaban J connectivity index is 0.000000547. The molecular formula is C24H38N2O5Si. The van der Waals surface area contributed by atoms with E-state index in [1.807, 2.05) is 12.1 Å². The smallest absolute Gasteiger partial charge is 0.323 e. The fourth-order valence-electron chi connectivity index (χ4n) is 3.33. The number of aliphatic hydroxyl groups is 2. The van der Waals surface area contributed by atoms with Crippen molar-refractivity contribution >= 4 is 24.7 Å². The Hall–Kier alpha value is -2.07. The highest BCUT2D eigenvalue weighted by atomic mass is 28.4. The zero-order valence-electron chi connectivity index (χ0n) is 19.6. The van der Waals surface area contributed by atoms with Gasteiger partial charge in [0.15, 0.2) is 0 Å². The van der Waals surface area contributed by atoms with E-state index in [0.29, 0.717) is 6.61 Å². The first-order chi connectivity index (χ1) is 14.8. The molecule has 7 nitrogen and oxygen atoms in total. The van der Waals surface area contributed by atoms with Gasteiger partial charge in [-0.3, -0.25) is 4.79 Å². The van der Waals surface area contributed by atoms with Crippen molar-refractivity contribution in [1.82, 2.24) is 0 Å². The van der Waals surface area contributed by atoms with E-state index >= 15 is 0 Å². The van der Waals surface area contributed by atoms with Crippen molar-refractivity contribution in [3.05, 3.63) is 60.7 Å². The molecule has 0 heterocycles. The number of aliphatic carboxylic acids is 1. The summed E-state index contributed by atoms with van der Waals surface area (Å²) in [5, 5.41) is 28.7. The summed E-state index contributed by atoms with van der Waals surface area (Å²) in [5.74, 6) is -1.18. The highest BCUT2D eigenvalue weighted by Gasteiger charge is 2.50. The van der Waals surface area contributed by atoms with Crippen LogP contribution in [0, 0.1) is 0 Å². The van der Waals surface area contributed by atoms with E-state index in [9.17, 15) is 9.90 Å². The van der Waals surface area contributed by atoms with Crippen molar-refractivity contribution in [3.63, 3.8) is 0 Å². The highest BCUT2D eigenvalue weighted by molar-refractivity contribution is 6.99. The molecule has 0 radical (unpaired) electrons. The van der Waals surface area contributed by atoms with Crippen LogP contribution in [-0.2, 0) is 9.22 Å². The molecule has 2 aromatic carbocycles. The number of benzene rings is 2. The van der Waals surface area contributed by atoms with Crippen molar-refractivity contribution in [2.75, 3.05) is 6.61 Å². The van der Waals surface area contributed by atoms with Crippen LogP contribution in [-0.4, -0.2) is 60.5 Å². The van der Waals surface area contributed by atoms with Crippen molar-refractivity contribution < 1.29 is 24.5 Å². The molecule has 0 fully saturated rings. The highest BCUT2D eigenvalue weighted by Crippen LogP contribution is 2.36. The molecule has 0 aromatic heterocycles. The van der Waals surface area contributed by atoms with Crippen LogP contribution < -0.4 is 21.8 Å². The fourth-order valence-corrected chi connectivity index (χ4v) is 7.93. The second-order valence-corrected chi connectivity index (χ2v) is 13.3. The first-order valence-corrected chi connectivity index (χ1v) is 12.6. The maximum atomic E-state index is 9.86. The standard InChI is InChI=1S/C20H29NO2Si.C4H9NO3/c1-16(22)19(21)15-23-24(20(2,3)4,17-11-7-5-8-12-17)18-13-9-6-10-14-18;1-2(6)3(5)4(7)8/h5-14,16,19,22H,15,21H2,1-4H3;2-3,6H,5H2,1H3,(H,7,8)/t16-,19+;2-,3-/m11/s1. The number of aliphatic hydroxyl groups excluding tert-OH is 2. The molecule has 2 aromatic rings. The topological polar surface area (TPSA) is 139 Å². The van der Waals surface area contributed by atoms with Crippen LogP contribution >= 0.6 is 0 Å². The Morgan fingerprint density at radius 3 is 1.56 bits per heavy atom. The zero-order chi connectivity index (χ0) is 24.5. The molecule has 0 unspecified atom stereocenters. The lowest BCUT2D eigenvalue weighted by Crippen LogP contribution is -2.67. The number of rotatable bonds is 8. The zero-order valence-corrected chi connectivity index (χ0v) is 20.6. The molecule has 2 rings (SSSR count). The van der Waals surface area contributed by atoms with Gasteiger partial charge in [-0.05, 0) is 29.3 Å². The third-order valence-corrected chi connectivity index (χ3v) is 10.3. The van der Waals surface area contributed by atoms with Gasteiger partial charge in [-0.15, -0.1) is 0 Å². The fraction of sp³-hybridized carbons (Fsp3) is 0.458. The quantitative estimate of drug-likeness (QED) is 0.370. The maximum Gasteiger partial charge on any atom is 0.323 e. The van der Waals surface area contributed by atoms with Crippen LogP contribution in [0.2, 0.25) is 5.04 Å². The summed E-state index contributed by atoms with van der Waals surface area (Å²) in [7, 11) is -2.55. The first-order valence-electron chi connectivity index (χ1n) is 10.7. The van der Waals surface area contributed by atoms with Gasteiger partial charge in [0.05, 0.1) is 24.9 Å². The summed E-state index contributed by atoms with van der Waals surface area (Å²) < 4.78 is 6.64. The normalized spacial score (nSPS) is 15.7. The Bertz CT molecular complexity index is 771. The molecule has 0 saturated carbocycles. The molecule has 0 amide bonds. The summed E-state index contributed by atoms with van der Waals surface area (Å²) >= 11 is 0. The molecule has 0 saturated heterocycles. The van der Waals surface area contributed by atoms with Gasteiger partial charge in [-0.25, -0.2) is 0 Å². The number of nitrogens with two attached hydrogens (primary N) is 2. The van der Waals surface area contributed by atoms with Gasteiger partial charge in [-0.1, -0.05) is 81.4 Å². The van der Waals surface area contributed by atoms with Crippen LogP contribution in [0.5, 0.6) is 0 Å². The first kappa shape index (κ1) is 28.0. The van der Waals surface area contributed by atoms with Gasteiger partial charge >= 0.3 is 5.97 Å². The van der Waals surface area contributed by atoms with E-state index in [0.717, 1.165) is 0 Å². The molecule has 0 bridgehead atoms. The molecule has 0 aliphatic rings. The molecule has 0 spiro atoms. The summed E-state index contributed by atoms with van der Waals surface area (Å²) in [6, 6.07) is 19.3. The molecule has 4 atom stereocenters. The van der Waals surface area contributed by atoms with Crippen LogP contribution in [0.15, 0.2) is 60.7 Å². The van der Waals surface area contributed by atoms with Crippen molar-refractivity contribution in [1.29, 1.82) is 0 Å². The van der Waals surface area contributed by atoms with Crippen molar-refractivity contribution in [3.8, 4) is 0 Å². The number of carboxylic acid groups (broad SMARTS) is 1. The SMILES string of the molecule is C[C@@H](O)[C@@H](N)C(=O)O.C[C@@H](O)[C@@H](N)CO[Si](c1ccccc1)(c1ccccc1)C(C)(C)C. The minimum Gasteiger partial charge on any atom is -0.480 e. The Morgan fingerprint density at radius 1 is 0.906 bits per heavy atom. The van der Waals surface area contributed by atoms with Crippen LogP contribution in [0.4, 0.5) is 0 Å². The summed E-state index contributed by atoms with van der Waals surface area (Å²) in [4.78, 5) is 9.86. The van der Waals surface area contributed by atoms with Gasteiger partial charge in [0, 0.05) is 0 Å². The molecule has 178 valence electrons. The molecule has 0 aliphatic heterocycles. The second kappa shape index (κ2) is 12.2. The molecule has 8 heteroatoms. The van der Waals surface area contributed by atoms with E-state index in [1.165, 1.54) is 17.3 Å². The van der Waals surface area contributed by atoms with E-state index < -0.39 is 38.6 Å². The second-order valence-electron chi connectivity index (χ2n) is 8.98. The number of hydrogen-bond donors (Lipinski definition) is 5. The van der Waals surface area contributed by atoms with Gasteiger partial charge in [0.25, 0.3) is 8.32 Å². The van der Waals surface area contributed by atoms with Gasteiger partial charge in [0.2, 0.25) is 0 Å². The van der Waals surface area contributed by atoms with Crippen LogP contribution in [0.3, 0.4) is 0 Å². The number of hydrogen-bond acceptors (Lipinski definition) is 6. The largest absolute Gasteiger partial charge is 0.480 e. The number of carboxylic acids is 1. The molecule has 7 N–H and O–H groups in total. The lowest BCUT2D eigenvalue weighted by Gasteiger charge is -2.43. The summed E-state index contributed by atoms with van der Waals surface area (Å²) in [5.41, 5.74) is 11.0.